The molecule has 166 valence electrons. The lowest BCUT2D eigenvalue weighted by atomic mass is 10.2. The van der Waals surface area contributed by atoms with E-state index in [1.54, 1.807) is 0 Å². The number of anilines is 2. The van der Waals surface area contributed by atoms with Gasteiger partial charge in [-0.15, -0.1) is 0 Å². The highest BCUT2D eigenvalue weighted by Gasteiger charge is 2.18. The van der Waals surface area contributed by atoms with E-state index in [2.05, 4.69) is 57.6 Å². The summed E-state index contributed by atoms with van der Waals surface area (Å²) in [5.41, 5.74) is 3.40. The number of amides is 1. The smallest absolute Gasteiger partial charge is 0.226 e. The Morgan fingerprint density at radius 3 is 2.52 bits per heavy atom. The van der Waals surface area contributed by atoms with Gasteiger partial charge in [-0.25, -0.2) is 0 Å². The minimum atomic E-state index is -0.0189. The van der Waals surface area contributed by atoms with Crippen molar-refractivity contribution in [3.05, 3.63) is 60.2 Å². The highest BCUT2D eigenvalue weighted by Crippen LogP contribution is 2.20. The van der Waals surface area contributed by atoms with E-state index in [0.717, 1.165) is 57.9 Å². The molecule has 1 atom stereocenters. The molecule has 2 aromatic rings. The highest BCUT2D eigenvalue weighted by molar-refractivity contribution is 5.90. The van der Waals surface area contributed by atoms with E-state index in [9.17, 15) is 4.79 Å². The summed E-state index contributed by atoms with van der Waals surface area (Å²) < 4.78 is 11.1. The Labute approximate surface area is 185 Å². The van der Waals surface area contributed by atoms with Crippen molar-refractivity contribution in [2.45, 2.75) is 31.9 Å². The molecule has 0 spiro atoms. The van der Waals surface area contributed by atoms with Crippen molar-refractivity contribution in [3.63, 3.8) is 0 Å². The summed E-state index contributed by atoms with van der Waals surface area (Å²) in [4.78, 5) is 17.1. The van der Waals surface area contributed by atoms with Crippen molar-refractivity contribution in [1.29, 1.82) is 0 Å². The number of ether oxygens (including phenoxy) is 2. The van der Waals surface area contributed by atoms with E-state index in [-0.39, 0.29) is 12.0 Å². The molecule has 2 fully saturated rings. The number of nitrogens with one attached hydrogen (secondary N) is 1. The van der Waals surface area contributed by atoms with Crippen LogP contribution < -0.4 is 10.2 Å². The first-order chi connectivity index (χ1) is 15.3. The predicted molar refractivity (Wildman–Crippen MR) is 123 cm³/mol. The monoisotopic (exact) mass is 423 g/mol. The first-order valence-corrected chi connectivity index (χ1v) is 11.4. The van der Waals surface area contributed by atoms with Crippen LogP contribution in [0.3, 0.4) is 0 Å². The molecule has 4 rings (SSSR count). The van der Waals surface area contributed by atoms with Crippen LogP contribution in [0.25, 0.3) is 0 Å². The summed E-state index contributed by atoms with van der Waals surface area (Å²) in [7, 11) is 0. The maximum Gasteiger partial charge on any atom is 0.226 e. The molecule has 2 aliphatic heterocycles. The molecule has 0 saturated carbocycles. The molecule has 31 heavy (non-hydrogen) atoms. The number of rotatable bonds is 9. The molecule has 2 saturated heterocycles. The van der Waals surface area contributed by atoms with Crippen LogP contribution in [0.15, 0.2) is 54.6 Å². The third kappa shape index (κ3) is 6.79. The van der Waals surface area contributed by atoms with Gasteiger partial charge in [-0.05, 0) is 42.7 Å². The number of carbonyl (C=O) groups excluding carboxylic acids is 1. The molecule has 2 heterocycles. The lowest BCUT2D eigenvalue weighted by Gasteiger charge is -2.36. The van der Waals surface area contributed by atoms with Gasteiger partial charge in [0, 0.05) is 50.7 Å². The number of piperazine rings is 1. The highest BCUT2D eigenvalue weighted by atomic mass is 16.5. The van der Waals surface area contributed by atoms with Gasteiger partial charge in [0.15, 0.2) is 0 Å². The maximum absolute atomic E-state index is 12.1. The first kappa shape index (κ1) is 21.8. The number of hydrogen-bond acceptors (Lipinski definition) is 5. The third-order valence-corrected chi connectivity index (χ3v) is 5.94. The Morgan fingerprint density at radius 2 is 1.81 bits per heavy atom. The fourth-order valence-corrected chi connectivity index (χ4v) is 4.14. The Bertz CT molecular complexity index is 799. The number of benzene rings is 2. The fourth-order valence-electron chi connectivity index (χ4n) is 4.14. The van der Waals surface area contributed by atoms with Gasteiger partial charge in [0.2, 0.25) is 5.91 Å². The molecular weight excluding hydrogens is 390 g/mol. The number of hydrogen-bond donors (Lipinski definition) is 1. The Hall–Kier alpha value is -2.41. The molecule has 0 radical (unpaired) electrons. The van der Waals surface area contributed by atoms with Gasteiger partial charge in [0.25, 0.3) is 0 Å². The minimum Gasteiger partial charge on any atom is -0.378 e. The second kappa shape index (κ2) is 11.3. The third-order valence-electron chi connectivity index (χ3n) is 5.94. The van der Waals surface area contributed by atoms with Gasteiger partial charge in [-0.1, -0.05) is 30.3 Å². The molecule has 6 nitrogen and oxygen atoms in total. The molecule has 0 bridgehead atoms. The first-order valence-electron chi connectivity index (χ1n) is 11.4. The molecule has 2 aliphatic rings. The van der Waals surface area contributed by atoms with E-state index >= 15 is 0 Å². The lowest BCUT2D eigenvalue weighted by Crippen LogP contribution is -2.45. The Balaban J connectivity index is 1.15. The van der Waals surface area contributed by atoms with E-state index in [1.165, 1.54) is 11.3 Å². The van der Waals surface area contributed by atoms with Crippen LogP contribution in [-0.2, 0) is 20.8 Å². The second-order valence-corrected chi connectivity index (χ2v) is 8.30. The van der Waals surface area contributed by atoms with E-state index in [4.69, 9.17) is 9.47 Å². The van der Waals surface area contributed by atoms with Gasteiger partial charge in [-0.2, -0.15) is 0 Å². The van der Waals surface area contributed by atoms with Crippen LogP contribution in [0.5, 0.6) is 0 Å². The SMILES string of the molecule is O=C(CCOCC1CCCO1)Nc1ccc(N2CCN(Cc3ccccc3)CC2)cc1. The summed E-state index contributed by atoms with van der Waals surface area (Å²) >= 11 is 0. The molecule has 1 N–H and O–H groups in total. The normalized spacial score (nSPS) is 19.5. The summed E-state index contributed by atoms with van der Waals surface area (Å²) in [6.07, 6.45) is 2.72. The van der Waals surface area contributed by atoms with Gasteiger partial charge in [0.05, 0.1) is 25.7 Å². The van der Waals surface area contributed by atoms with Crippen molar-refractivity contribution in [3.8, 4) is 0 Å². The summed E-state index contributed by atoms with van der Waals surface area (Å²) in [6.45, 7) is 6.99. The summed E-state index contributed by atoms with van der Waals surface area (Å²) in [5, 5.41) is 2.96. The predicted octanol–water partition coefficient (Wildman–Crippen LogP) is 3.53. The zero-order valence-electron chi connectivity index (χ0n) is 18.2. The van der Waals surface area contributed by atoms with Crippen LogP contribution in [0.1, 0.15) is 24.8 Å². The van der Waals surface area contributed by atoms with Crippen molar-refractivity contribution in [2.75, 3.05) is 56.2 Å². The summed E-state index contributed by atoms with van der Waals surface area (Å²) in [6, 6.07) is 18.8. The minimum absolute atomic E-state index is 0.0189. The molecule has 6 heteroatoms. The van der Waals surface area contributed by atoms with Crippen LogP contribution in [0.2, 0.25) is 0 Å². The topological polar surface area (TPSA) is 54.0 Å². The van der Waals surface area contributed by atoms with Gasteiger partial charge < -0.3 is 19.7 Å². The van der Waals surface area contributed by atoms with E-state index in [0.29, 0.717) is 19.6 Å². The van der Waals surface area contributed by atoms with Gasteiger partial charge in [-0.3, -0.25) is 9.69 Å². The molecule has 0 aromatic heterocycles. The lowest BCUT2D eigenvalue weighted by molar-refractivity contribution is -0.117. The Kier molecular flexibility index (Phi) is 7.93. The largest absolute Gasteiger partial charge is 0.378 e. The standard InChI is InChI=1S/C25H33N3O3/c29-25(12-18-30-20-24-7-4-17-31-24)26-22-8-10-23(11-9-22)28-15-13-27(14-16-28)19-21-5-2-1-3-6-21/h1-3,5-6,8-11,24H,4,7,12-20H2,(H,26,29). The zero-order chi connectivity index (χ0) is 21.3. The van der Waals surface area contributed by atoms with Crippen molar-refractivity contribution in [2.24, 2.45) is 0 Å². The fraction of sp³-hybridized carbons (Fsp3) is 0.480. The van der Waals surface area contributed by atoms with Crippen molar-refractivity contribution >= 4 is 17.3 Å². The van der Waals surface area contributed by atoms with Crippen LogP contribution in [0.4, 0.5) is 11.4 Å². The molecular formula is C25H33N3O3. The van der Waals surface area contributed by atoms with E-state index in [1.807, 2.05) is 12.1 Å². The average molecular weight is 424 g/mol. The maximum atomic E-state index is 12.1. The zero-order valence-corrected chi connectivity index (χ0v) is 18.2. The summed E-state index contributed by atoms with van der Waals surface area (Å²) in [5.74, 6) is -0.0189. The Morgan fingerprint density at radius 1 is 1.03 bits per heavy atom. The van der Waals surface area contributed by atoms with E-state index < -0.39 is 0 Å². The molecule has 0 aliphatic carbocycles. The van der Waals surface area contributed by atoms with Crippen LogP contribution >= 0.6 is 0 Å². The quantitative estimate of drug-likeness (QED) is 0.626. The second-order valence-electron chi connectivity index (χ2n) is 8.30. The molecule has 1 unspecified atom stereocenters. The molecule has 1 amide bonds. The number of nitrogens with zero attached hydrogens (tertiary/aromatic N) is 2. The van der Waals surface area contributed by atoms with Gasteiger partial charge in [0.1, 0.15) is 0 Å². The van der Waals surface area contributed by atoms with Crippen LogP contribution in [0, 0.1) is 0 Å². The van der Waals surface area contributed by atoms with Gasteiger partial charge >= 0.3 is 0 Å². The molecule has 2 aromatic carbocycles. The van der Waals surface area contributed by atoms with Crippen molar-refractivity contribution < 1.29 is 14.3 Å². The number of carbonyl (C=O) groups is 1. The average Bonchev–Trinajstić information content (AvgIpc) is 3.32. The van der Waals surface area contributed by atoms with Crippen LogP contribution in [-0.4, -0.2) is 62.9 Å². The van der Waals surface area contributed by atoms with Crippen molar-refractivity contribution in [1.82, 2.24) is 4.90 Å².